The van der Waals surface area contributed by atoms with Crippen molar-refractivity contribution in [3.05, 3.63) is 82.0 Å². The predicted octanol–water partition coefficient (Wildman–Crippen LogP) is 2.72. The molecule has 160 valence electrons. The second-order valence-corrected chi connectivity index (χ2v) is 7.60. The Bertz CT molecular complexity index is 1430. The third-order valence-electron chi connectivity index (χ3n) is 5.45. The number of carbonyl (C=O) groups excluding carboxylic acids is 1. The van der Waals surface area contributed by atoms with Crippen LogP contribution in [0.1, 0.15) is 16.2 Å². The maximum atomic E-state index is 14.4. The monoisotopic (exact) mass is 430 g/mol. The number of nitrogens with zero attached hydrogens (tertiary/aromatic N) is 6. The maximum absolute atomic E-state index is 14.4. The molecule has 1 aliphatic rings. The van der Waals surface area contributed by atoms with Crippen LogP contribution in [0.25, 0.3) is 16.7 Å². The first-order chi connectivity index (χ1) is 15.4. The Hall–Kier alpha value is -4.14. The van der Waals surface area contributed by atoms with Crippen LogP contribution in [0.3, 0.4) is 0 Å². The van der Waals surface area contributed by atoms with Crippen molar-refractivity contribution < 1.29 is 9.18 Å². The van der Waals surface area contributed by atoms with Crippen LogP contribution in [0.4, 0.5) is 16.0 Å². The van der Waals surface area contributed by atoms with Gasteiger partial charge in [0.15, 0.2) is 17.3 Å². The largest absolute Gasteiger partial charge is 0.355 e. The van der Waals surface area contributed by atoms with Gasteiger partial charge in [-0.05, 0) is 31.2 Å². The number of likely N-dealkylation sites (N-methyl/N-ethyl adjacent to an activating group) is 1. The Balaban J connectivity index is 1.64. The minimum absolute atomic E-state index is 0.156. The molecule has 3 heterocycles. The normalized spacial score (nSPS) is 13.3. The van der Waals surface area contributed by atoms with Crippen LogP contribution in [-0.2, 0) is 0 Å². The lowest BCUT2D eigenvalue weighted by molar-refractivity contribution is 0.0978. The van der Waals surface area contributed by atoms with E-state index in [4.69, 9.17) is 0 Å². The van der Waals surface area contributed by atoms with Crippen LogP contribution >= 0.6 is 0 Å². The minimum atomic E-state index is -0.598. The highest BCUT2D eigenvalue weighted by Crippen LogP contribution is 2.31. The Morgan fingerprint density at radius 2 is 1.62 bits per heavy atom. The number of hydrogen-bond donors (Lipinski definition) is 0. The number of aromatic nitrogens is 4. The zero-order valence-electron chi connectivity index (χ0n) is 17.5. The van der Waals surface area contributed by atoms with Crippen LogP contribution in [0.2, 0.25) is 0 Å². The van der Waals surface area contributed by atoms with Gasteiger partial charge in [-0.2, -0.15) is 5.10 Å². The number of benzene rings is 2. The Morgan fingerprint density at radius 1 is 0.969 bits per heavy atom. The van der Waals surface area contributed by atoms with Crippen molar-refractivity contribution in [3.63, 3.8) is 0 Å². The summed E-state index contributed by atoms with van der Waals surface area (Å²) in [4.78, 5) is 38.8. The number of halogens is 1. The summed E-state index contributed by atoms with van der Waals surface area (Å²) < 4.78 is 15.6. The average molecular weight is 430 g/mol. The second kappa shape index (κ2) is 7.52. The number of carbonyl (C=O) groups is 1. The number of hydrogen-bond acceptors (Lipinski definition) is 6. The summed E-state index contributed by atoms with van der Waals surface area (Å²) in [5.41, 5.74) is 1.09. The molecule has 0 spiro atoms. The molecule has 1 aliphatic heterocycles. The summed E-state index contributed by atoms with van der Waals surface area (Å²) in [6.45, 7) is 2.46. The summed E-state index contributed by atoms with van der Waals surface area (Å²) in [6, 6.07) is 14.7. The van der Waals surface area contributed by atoms with Gasteiger partial charge in [-0.1, -0.05) is 24.3 Å². The smallest absolute Gasteiger partial charge is 0.284 e. The number of aryl methyl sites for hydroxylation is 1. The summed E-state index contributed by atoms with van der Waals surface area (Å²) in [5, 5.41) is 4.24. The van der Waals surface area contributed by atoms with Gasteiger partial charge < -0.3 is 4.90 Å². The molecule has 4 aromatic rings. The van der Waals surface area contributed by atoms with Crippen LogP contribution < -0.4 is 15.2 Å². The van der Waals surface area contributed by atoms with Crippen molar-refractivity contribution in [1.82, 2.24) is 19.7 Å². The van der Waals surface area contributed by atoms with E-state index in [1.54, 1.807) is 19.1 Å². The fraction of sp³-hybridized carbons (Fsp3) is 0.174. The topological polar surface area (TPSA) is 84.2 Å². The fourth-order valence-corrected chi connectivity index (χ4v) is 3.77. The third-order valence-corrected chi connectivity index (χ3v) is 5.45. The van der Waals surface area contributed by atoms with E-state index in [1.807, 2.05) is 36.2 Å². The van der Waals surface area contributed by atoms with Crippen molar-refractivity contribution in [2.75, 3.05) is 29.9 Å². The van der Waals surface area contributed by atoms with Gasteiger partial charge in [0.25, 0.3) is 5.91 Å². The predicted molar refractivity (Wildman–Crippen MR) is 119 cm³/mol. The van der Waals surface area contributed by atoms with Gasteiger partial charge in [0.1, 0.15) is 11.5 Å². The molecule has 0 radical (unpaired) electrons. The zero-order chi connectivity index (χ0) is 22.4. The van der Waals surface area contributed by atoms with Crippen molar-refractivity contribution in [1.29, 1.82) is 0 Å². The van der Waals surface area contributed by atoms with Gasteiger partial charge >= 0.3 is 0 Å². The molecule has 0 saturated heterocycles. The van der Waals surface area contributed by atoms with E-state index in [9.17, 15) is 14.0 Å². The summed E-state index contributed by atoms with van der Waals surface area (Å²) >= 11 is 0. The molecule has 0 unspecified atom stereocenters. The van der Waals surface area contributed by atoms with E-state index in [1.165, 1.54) is 27.8 Å². The maximum Gasteiger partial charge on any atom is 0.284 e. The Labute approximate surface area is 182 Å². The van der Waals surface area contributed by atoms with Gasteiger partial charge in [0.05, 0.1) is 11.0 Å². The zero-order valence-corrected chi connectivity index (χ0v) is 17.5. The van der Waals surface area contributed by atoms with E-state index >= 15 is 0 Å². The summed E-state index contributed by atoms with van der Waals surface area (Å²) in [6.07, 6.45) is 0. The van der Waals surface area contributed by atoms with Crippen LogP contribution in [0.15, 0.2) is 59.4 Å². The number of fused-ring (bicyclic) bond motifs is 2. The SMILES string of the molecule is Cc1cc(=O)c(C(=O)N2CCN(C)c3nc4ccccc4nc32)nn1-c1ccccc1F. The van der Waals surface area contributed by atoms with E-state index in [-0.39, 0.29) is 11.4 Å². The number of para-hydroxylation sites is 3. The number of anilines is 2. The molecule has 0 bridgehead atoms. The van der Waals surface area contributed by atoms with E-state index in [2.05, 4.69) is 15.1 Å². The molecule has 0 atom stereocenters. The van der Waals surface area contributed by atoms with Crippen molar-refractivity contribution in [2.24, 2.45) is 0 Å². The van der Waals surface area contributed by atoms with Crippen LogP contribution in [0, 0.1) is 12.7 Å². The van der Waals surface area contributed by atoms with Crippen LogP contribution in [-0.4, -0.2) is 45.8 Å². The lowest BCUT2D eigenvalue weighted by Crippen LogP contribution is -2.45. The molecule has 0 aliphatic carbocycles. The van der Waals surface area contributed by atoms with Crippen molar-refractivity contribution in [3.8, 4) is 5.69 Å². The first kappa shape index (κ1) is 19.8. The number of rotatable bonds is 2. The summed E-state index contributed by atoms with van der Waals surface area (Å²) in [7, 11) is 1.87. The molecule has 32 heavy (non-hydrogen) atoms. The molecular formula is C23H19FN6O2. The molecule has 2 aromatic heterocycles. The summed E-state index contributed by atoms with van der Waals surface area (Å²) in [5.74, 6) is -0.196. The van der Waals surface area contributed by atoms with Gasteiger partial charge in [0, 0.05) is 31.9 Å². The van der Waals surface area contributed by atoms with Gasteiger partial charge in [-0.25, -0.2) is 19.0 Å². The van der Waals surface area contributed by atoms with Crippen molar-refractivity contribution >= 4 is 28.6 Å². The minimum Gasteiger partial charge on any atom is -0.355 e. The van der Waals surface area contributed by atoms with E-state index < -0.39 is 17.2 Å². The van der Waals surface area contributed by atoms with Crippen LogP contribution in [0.5, 0.6) is 0 Å². The molecular weight excluding hydrogens is 411 g/mol. The lowest BCUT2D eigenvalue weighted by atomic mass is 10.2. The van der Waals surface area contributed by atoms with E-state index in [0.29, 0.717) is 41.5 Å². The molecule has 1 amide bonds. The Kier molecular flexibility index (Phi) is 4.66. The highest BCUT2D eigenvalue weighted by molar-refractivity contribution is 6.06. The molecule has 5 rings (SSSR count). The quantitative estimate of drug-likeness (QED) is 0.486. The van der Waals surface area contributed by atoms with Gasteiger partial charge in [-0.15, -0.1) is 0 Å². The molecule has 8 nitrogen and oxygen atoms in total. The molecule has 0 fully saturated rings. The van der Waals surface area contributed by atoms with Gasteiger partial charge in [-0.3, -0.25) is 14.5 Å². The lowest BCUT2D eigenvalue weighted by Gasteiger charge is -2.33. The van der Waals surface area contributed by atoms with E-state index in [0.717, 1.165) is 0 Å². The molecule has 9 heteroatoms. The van der Waals surface area contributed by atoms with Crippen molar-refractivity contribution in [2.45, 2.75) is 6.92 Å². The molecule has 0 N–H and O–H groups in total. The van der Waals surface area contributed by atoms with Gasteiger partial charge in [0.2, 0.25) is 5.43 Å². The third kappa shape index (κ3) is 3.18. The molecule has 2 aromatic carbocycles. The fourth-order valence-electron chi connectivity index (χ4n) is 3.77. The number of amides is 1. The first-order valence-electron chi connectivity index (χ1n) is 10.1. The second-order valence-electron chi connectivity index (χ2n) is 7.60. The standard InChI is InChI=1S/C23H19FN6O2/c1-14-13-19(31)20(27-30(14)18-10-6-3-7-15(18)24)23(32)29-12-11-28(2)21-22(29)26-17-9-5-4-8-16(17)25-21/h3-10,13H,11-12H2,1-2H3. The highest BCUT2D eigenvalue weighted by atomic mass is 19.1. The highest BCUT2D eigenvalue weighted by Gasteiger charge is 2.31. The Morgan fingerprint density at radius 3 is 2.34 bits per heavy atom. The first-order valence-corrected chi connectivity index (χ1v) is 10.1. The molecule has 0 saturated carbocycles. The average Bonchev–Trinajstić information content (AvgIpc) is 2.79.